The summed E-state index contributed by atoms with van der Waals surface area (Å²) in [5, 5.41) is 0. The van der Waals surface area contributed by atoms with Crippen molar-refractivity contribution < 1.29 is 26.9 Å². The number of hydrogen-bond acceptors (Lipinski definition) is 6. The summed E-state index contributed by atoms with van der Waals surface area (Å²) in [5.41, 5.74) is 1.45. The van der Waals surface area contributed by atoms with Gasteiger partial charge in [-0.15, -0.1) is 0 Å². The molecule has 3 rings (SSSR count). The molecule has 0 aliphatic carbocycles. The van der Waals surface area contributed by atoms with Crippen molar-refractivity contribution in [1.29, 1.82) is 0 Å². The lowest BCUT2D eigenvalue weighted by atomic mass is 10.1. The van der Waals surface area contributed by atoms with Crippen LogP contribution in [0.15, 0.2) is 77.7 Å². The molecule has 3 aromatic carbocycles. The zero-order valence-corrected chi connectivity index (χ0v) is 16.6. The molecule has 0 spiro atoms. The van der Waals surface area contributed by atoms with E-state index in [4.69, 9.17) is 13.7 Å². The van der Waals surface area contributed by atoms with Crippen LogP contribution in [-0.2, 0) is 16.5 Å². The fourth-order valence-corrected chi connectivity index (χ4v) is 3.55. The monoisotopic (exact) mass is 412 g/mol. The SMILES string of the molecule is COc1ccc(S(=O)(=O)Oc2ccc(CCOc3ccccc3C=O)cc2)cc1. The Morgan fingerprint density at radius 1 is 0.862 bits per heavy atom. The molecule has 7 heteroatoms. The van der Waals surface area contributed by atoms with E-state index >= 15 is 0 Å². The van der Waals surface area contributed by atoms with Crippen LogP contribution in [0.25, 0.3) is 0 Å². The van der Waals surface area contributed by atoms with Crippen molar-refractivity contribution in [3.63, 3.8) is 0 Å². The van der Waals surface area contributed by atoms with Gasteiger partial charge in [0.25, 0.3) is 0 Å². The van der Waals surface area contributed by atoms with Crippen molar-refractivity contribution in [2.75, 3.05) is 13.7 Å². The van der Waals surface area contributed by atoms with Gasteiger partial charge >= 0.3 is 10.1 Å². The van der Waals surface area contributed by atoms with E-state index in [9.17, 15) is 13.2 Å². The first-order chi connectivity index (χ1) is 14.0. The van der Waals surface area contributed by atoms with Gasteiger partial charge in [-0.1, -0.05) is 24.3 Å². The fourth-order valence-electron chi connectivity index (χ4n) is 2.62. The van der Waals surface area contributed by atoms with Crippen LogP contribution in [0.4, 0.5) is 0 Å². The van der Waals surface area contributed by atoms with E-state index in [-0.39, 0.29) is 10.6 Å². The summed E-state index contributed by atoms with van der Waals surface area (Å²) < 4.78 is 40.6. The topological polar surface area (TPSA) is 78.9 Å². The third-order valence-electron chi connectivity index (χ3n) is 4.17. The molecule has 0 aromatic heterocycles. The first-order valence-corrected chi connectivity index (χ1v) is 10.3. The number of aldehydes is 1. The lowest BCUT2D eigenvalue weighted by Crippen LogP contribution is -2.09. The lowest BCUT2D eigenvalue weighted by Gasteiger charge is -2.10. The quantitative estimate of drug-likeness (QED) is 0.392. The number of benzene rings is 3. The predicted octanol–water partition coefficient (Wildman–Crippen LogP) is 3.90. The van der Waals surface area contributed by atoms with Crippen molar-refractivity contribution in [2.24, 2.45) is 0 Å². The summed E-state index contributed by atoms with van der Waals surface area (Å²) in [6.45, 7) is 0.384. The summed E-state index contributed by atoms with van der Waals surface area (Å²) >= 11 is 0. The first-order valence-electron chi connectivity index (χ1n) is 8.86. The Balaban J connectivity index is 1.58. The van der Waals surface area contributed by atoms with Gasteiger partial charge in [0, 0.05) is 6.42 Å². The van der Waals surface area contributed by atoms with Crippen LogP contribution in [0, 0.1) is 0 Å². The third kappa shape index (κ3) is 5.36. The zero-order valence-electron chi connectivity index (χ0n) is 15.8. The van der Waals surface area contributed by atoms with Gasteiger partial charge in [0.05, 0.1) is 19.3 Å². The second-order valence-electron chi connectivity index (χ2n) is 6.11. The van der Waals surface area contributed by atoms with E-state index in [1.54, 1.807) is 60.7 Å². The largest absolute Gasteiger partial charge is 0.497 e. The smallest absolute Gasteiger partial charge is 0.339 e. The van der Waals surface area contributed by atoms with Gasteiger partial charge in [-0.2, -0.15) is 8.42 Å². The molecule has 0 saturated heterocycles. The highest BCUT2D eigenvalue weighted by molar-refractivity contribution is 7.87. The molecule has 3 aromatic rings. The van der Waals surface area contributed by atoms with Gasteiger partial charge in [0.1, 0.15) is 22.1 Å². The molecule has 0 amide bonds. The molecule has 0 radical (unpaired) electrons. The maximum atomic E-state index is 12.4. The minimum Gasteiger partial charge on any atom is -0.497 e. The number of methoxy groups -OCH3 is 1. The van der Waals surface area contributed by atoms with Crippen molar-refractivity contribution in [1.82, 2.24) is 0 Å². The maximum Gasteiger partial charge on any atom is 0.339 e. The van der Waals surface area contributed by atoms with Crippen LogP contribution in [0.2, 0.25) is 0 Å². The molecular weight excluding hydrogens is 392 g/mol. The highest BCUT2D eigenvalue weighted by Crippen LogP contribution is 2.22. The maximum absolute atomic E-state index is 12.4. The summed E-state index contributed by atoms with van der Waals surface area (Å²) in [4.78, 5) is 11.0. The van der Waals surface area contributed by atoms with Crippen molar-refractivity contribution in [2.45, 2.75) is 11.3 Å². The number of carbonyl (C=O) groups is 1. The Morgan fingerprint density at radius 3 is 2.17 bits per heavy atom. The van der Waals surface area contributed by atoms with E-state index in [2.05, 4.69) is 0 Å². The summed E-state index contributed by atoms with van der Waals surface area (Å²) in [5.74, 6) is 1.32. The average Bonchev–Trinajstić information content (AvgIpc) is 2.75. The fraction of sp³-hybridized carbons (Fsp3) is 0.136. The normalized spacial score (nSPS) is 10.9. The Hall–Kier alpha value is -3.32. The molecule has 0 fully saturated rings. The van der Waals surface area contributed by atoms with Crippen LogP contribution >= 0.6 is 0 Å². The molecule has 6 nitrogen and oxygen atoms in total. The first kappa shape index (κ1) is 20.4. The molecule has 0 saturated carbocycles. The Labute approximate surface area is 169 Å². The lowest BCUT2D eigenvalue weighted by molar-refractivity contribution is 0.111. The molecular formula is C22H20O6S. The van der Waals surface area contributed by atoms with Crippen LogP contribution < -0.4 is 13.7 Å². The van der Waals surface area contributed by atoms with Crippen LogP contribution in [0.3, 0.4) is 0 Å². The van der Waals surface area contributed by atoms with Gasteiger partial charge in [-0.25, -0.2) is 0 Å². The van der Waals surface area contributed by atoms with Crippen molar-refractivity contribution in [3.05, 3.63) is 83.9 Å². The molecule has 0 atom stereocenters. The molecule has 0 N–H and O–H groups in total. The zero-order chi connectivity index (χ0) is 20.7. The highest BCUT2D eigenvalue weighted by atomic mass is 32.2. The van der Waals surface area contributed by atoms with Gasteiger partial charge in [0.2, 0.25) is 0 Å². The molecule has 150 valence electrons. The van der Waals surface area contributed by atoms with Crippen LogP contribution in [-0.4, -0.2) is 28.4 Å². The highest BCUT2D eigenvalue weighted by Gasteiger charge is 2.16. The van der Waals surface area contributed by atoms with Crippen molar-refractivity contribution >= 4 is 16.4 Å². The molecule has 0 aliphatic heterocycles. The standard InChI is InChI=1S/C22H20O6S/c1-26-19-10-12-21(13-11-19)29(24,25)28-20-8-6-17(7-9-20)14-15-27-22-5-3-2-4-18(22)16-23/h2-13,16H,14-15H2,1H3. The molecule has 0 heterocycles. The number of carbonyl (C=O) groups excluding carboxylic acids is 1. The van der Waals surface area contributed by atoms with Gasteiger partial charge in [-0.05, 0) is 54.1 Å². The number of hydrogen-bond donors (Lipinski definition) is 0. The molecule has 0 unspecified atom stereocenters. The van der Waals surface area contributed by atoms with E-state index in [0.29, 0.717) is 30.1 Å². The van der Waals surface area contributed by atoms with Crippen LogP contribution in [0.1, 0.15) is 15.9 Å². The number of ether oxygens (including phenoxy) is 2. The second-order valence-corrected chi connectivity index (χ2v) is 7.66. The summed E-state index contributed by atoms with van der Waals surface area (Å²) in [6, 6.07) is 19.7. The van der Waals surface area contributed by atoms with Gasteiger partial charge < -0.3 is 13.7 Å². The van der Waals surface area contributed by atoms with Crippen LogP contribution in [0.5, 0.6) is 17.2 Å². The minimum absolute atomic E-state index is 0.0459. The molecule has 0 aliphatic rings. The van der Waals surface area contributed by atoms with Gasteiger partial charge in [0.15, 0.2) is 6.29 Å². The van der Waals surface area contributed by atoms with E-state index < -0.39 is 10.1 Å². The Morgan fingerprint density at radius 2 is 1.52 bits per heavy atom. The second kappa shape index (κ2) is 9.25. The number of rotatable bonds is 9. The predicted molar refractivity (Wildman–Crippen MR) is 108 cm³/mol. The Kier molecular flexibility index (Phi) is 6.51. The van der Waals surface area contributed by atoms with E-state index in [0.717, 1.165) is 11.8 Å². The van der Waals surface area contributed by atoms with E-state index in [1.807, 2.05) is 0 Å². The minimum atomic E-state index is -3.93. The Bertz CT molecular complexity index is 1060. The average molecular weight is 412 g/mol. The number of para-hydroxylation sites is 1. The summed E-state index contributed by atoms with van der Waals surface area (Å²) in [7, 11) is -2.42. The van der Waals surface area contributed by atoms with E-state index in [1.165, 1.54) is 19.2 Å². The van der Waals surface area contributed by atoms with Gasteiger partial charge in [-0.3, -0.25) is 4.79 Å². The molecule has 29 heavy (non-hydrogen) atoms. The third-order valence-corrected chi connectivity index (χ3v) is 5.43. The summed E-state index contributed by atoms with van der Waals surface area (Å²) in [6.07, 6.45) is 1.35. The van der Waals surface area contributed by atoms with Crippen molar-refractivity contribution in [3.8, 4) is 17.2 Å². The molecule has 0 bridgehead atoms.